The van der Waals surface area contributed by atoms with Gasteiger partial charge in [-0.25, -0.2) is 4.39 Å². The van der Waals surface area contributed by atoms with Crippen LogP contribution in [0.3, 0.4) is 0 Å². The Bertz CT molecular complexity index is 1160. The van der Waals surface area contributed by atoms with Gasteiger partial charge in [-0.2, -0.15) is 0 Å². The van der Waals surface area contributed by atoms with Gasteiger partial charge in [-0.1, -0.05) is 38.1 Å². The zero-order chi connectivity index (χ0) is 31.2. The Morgan fingerprint density at radius 3 is 2.28 bits per heavy atom. The lowest BCUT2D eigenvalue weighted by Gasteiger charge is -2.26. The predicted molar refractivity (Wildman–Crippen MR) is 172 cm³/mol. The van der Waals surface area contributed by atoms with Gasteiger partial charge >= 0.3 is 0 Å². The zero-order valence-electron chi connectivity index (χ0n) is 25.6. The summed E-state index contributed by atoms with van der Waals surface area (Å²) in [6, 6.07) is 13.3. The summed E-state index contributed by atoms with van der Waals surface area (Å²) in [5.74, 6) is -0.558. The van der Waals surface area contributed by atoms with E-state index in [1.807, 2.05) is 31.2 Å². The molecule has 0 saturated carbocycles. The van der Waals surface area contributed by atoms with Crippen LogP contribution >= 0.6 is 11.8 Å². The van der Waals surface area contributed by atoms with Crippen LogP contribution in [-0.4, -0.2) is 90.0 Å². The van der Waals surface area contributed by atoms with Gasteiger partial charge in [0.15, 0.2) is 0 Å². The van der Waals surface area contributed by atoms with Crippen molar-refractivity contribution in [2.24, 2.45) is 5.73 Å². The van der Waals surface area contributed by atoms with E-state index in [4.69, 9.17) is 5.73 Å². The maximum absolute atomic E-state index is 13.1. The molecular formula is C32H47FN6O3S. The van der Waals surface area contributed by atoms with Gasteiger partial charge in [-0.3, -0.25) is 14.4 Å². The summed E-state index contributed by atoms with van der Waals surface area (Å²) in [4.78, 5) is 42.0. The molecule has 236 valence electrons. The zero-order valence-corrected chi connectivity index (χ0v) is 26.4. The van der Waals surface area contributed by atoms with Gasteiger partial charge in [-0.15, -0.1) is 11.8 Å². The van der Waals surface area contributed by atoms with Gasteiger partial charge in [0.2, 0.25) is 17.7 Å². The van der Waals surface area contributed by atoms with Crippen LogP contribution in [0.4, 0.5) is 10.1 Å². The van der Waals surface area contributed by atoms with E-state index < -0.39 is 11.4 Å². The third-order valence-electron chi connectivity index (χ3n) is 7.71. The minimum Gasteiger partial charge on any atom is -0.383 e. The Labute approximate surface area is 259 Å². The highest BCUT2D eigenvalue weighted by Gasteiger charge is 2.44. The number of halogens is 1. The minimum atomic E-state index is -0.865. The molecule has 43 heavy (non-hydrogen) atoms. The molecule has 1 aliphatic heterocycles. The number of amides is 3. The van der Waals surface area contributed by atoms with E-state index in [0.29, 0.717) is 39.0 Å². The Morgan fingerprint density at radius 1 is 0.977 bits per heavy atom. The fourth-order valence-electron chi connectivity index (χ4n) is 5.02. The number of likely N-dealkylation sites (N-methyl/N-ethyl adjacent to an activating group) is 2. The number of anilines is 1. The molecule has 1 saturated heterocycles. The Kier molecular flexibility index (Phi) is 14.3. The van der Waals surface area contributed by atoms with Crippen molar-refractivity contribution in [1.82, 2.24) is 20.4 Å². The van der Waals surface area contributed by atoms with Gasteiger partial charge in [0.25, 0.3) is 0 Å². The molecule has 3 atom stereocenters. The van der Waals surface area contributed by atoms with Crippen LogP contribution in [0.25, 0.3) is 0 Å². The number of nitrogens with two attached hydrogens (primary N) is 1. The highest BCUT2D eigenvalue weighted by Crippen LogP contribution is 2.33. The van der Waals surface area contributed by atoms with Crippen molar-refractivity contribution in [1.29, 1.82) is 0 Å². The summed E-state index contributed by atoms with van der Waals surface area (Å²) in [6.45, 7) is 10.9. The lowest BCUT2D eigenvalue weighted by atomic mass is 10.1. The number of hydrogen-bond donors (Lipinski definition) is 4. The van der Waals surface area contributed by atoms with Crippen molar-refractivity contribution in [3.63, 3.8) is 0 Å². The van der Waals surface area contributed by atoms with Crippen molar-refractivity contribution in [3.8, 4) is 0 Å². The molecule has 1 aliphatic rings. The molecule has 1 heterocycles. The Morgan fingerprint density at radius 2 is 1.63 bits per heavy atom. The fourth-order valence-corrected chi connectivity index (χ4v) is 6.48. The van der Waals surface area contributed by atoms with Crippen LogP contribution in [0, 0.1) is 5.82 Å². The maximum Gasteiger partial charge on any atom is 0.239 e. The first kappa shape index (κ1) is 34.3. The van der Waals surface area contributed by atoms with Gasteiger partial charge in [0, 0.05) is 44.8 Å². The number of carbonyl (C=O) groups excluding carboxylic acids is 3. The molecule has 2 aromatic rings. The standard InChI is InChI=1S/C32H47FN6O3S/c1-4-38(5-2)21-20-35-28(40)9-7-8-23-12-16-26(17-13-23)37-22-27-31(42)39(6-3)32(43-27)29(34)30(41)36-19-18-24-10-14-25(33)15-11-24/h10-17,27,29,32,37H,4-9,18-22,34H2,1-3H3,(H,35,40)(H,36,41)/t27-,29-,32?/m1/s1. The van der Waals surface area contributed by atoms with E-state index in [1.54, 1.807) is 17.0 Å². The molecule has 1 fully saturated rings. The second-order valence-electron chi connectivity index (χ2n) is 10.6. The summed E-state index contributed by atoms with van der Waals surface area (Å²) in [5.41, 5.74) is 9.29. The summed E-state index contributed by atoms with van der Waals surface area (Å²) in [6.07, 6.45) is 2.66. The van der Waals surface area contributed by atoms with E-state index in [9.17, 15) is 18.8 Å². The molecule has 0 radical (unpaired) electrons. The Hall–Kier alpha value is -3.15. The number of rotatable bonds is 18. The second kappa shape index (κ2) is 17.8. The number of carbonyl (C=O) groups is 3. The van der Waals surface area contributed by atoms with Crippen molar-refractivity contribution in [2.45, 2.75) is 63.1 Å². The molecule has 0 bridgehead atoms. The van der Waals surface area contributed by atoms with Gasteiger partial charge in [0.1, 0.15) is 22.5 Å². The molecule has 2 aromatic carbocycles. The predicted octanol–water partition coefficient (Wildman–Crippen LogP) is 2.99. The van der Waals surface area contributed by atoms with Crippen LogP contribution < -0.4 is 21.7 Å². The number of hydrogen-bond acceptors (Lipinski definition) is 7. The monoisotopic (exact) mass is 614 g/mol. The van der Waals surface area contributed by atoms with Crippen LogP contribution in [0.1, 0.15) is 44.7 Å². The number of nitrogens with zero attached hydrogens (tertiary/aromatic N) is 2. The Balaban J connectivity index is 1.39. The van der Waals surface area contributed by atoms with Gasteiger partial charge in [-0.05, 0) is 74.7 Å². The first-order chi connectivity index (χ1) is 20.7. The fraction of sp³-hybridized carbons (Fsp3) is 0.531. The van der Waals surface area contributed by atoms with Crippen molar-refractivity contribution < 1.29 is 18.8 Å². The molecule has 0 spiro atoms. The first-order valence-corrected chi connectivity index (χ1v) is 16.2. The average molecular weight is 615 g/mol. The lowest BCUT2D eigenvalue weighted by molar-refractivity contribution is -0.131. The quantitative estimate of drug-likeness (QED) is 0.204. The molecule has 3 rings (SSSR count). The van der Waals surface area contributed by atoms with Crippen LogP contribution in [-0.2, 0) is 27.2 Å². The van der Waals surface area contributed by atoms with Crippen LogP contribution in [0.5, 0.6) is 0 Å². The van der Waals surface area contributed by atoms with Gasteiger partial charge in [0.05, 0.1) is 0 Å². The van der Waals surface area contributed by atoms with Crippen molar-refractivity contribution in [2.75, 3.05) is 51.1 Å². The van der Waals surface area contributed by atoms with Crippen LogP contribution in [0.2, 0.25) is 0 Å². The minimum absolute atomic E-state index is 0.0356. The van der Waals surface area contributed by atoms with E-state index in [-0.39, 0.29) is 28.8 Å². The smallest absolute Gasteiger partial charge is 0.239 e. The summed E-state index contributed by atoms with van der Waals surface area (Å²) in [7, 11) is 0. The summed E-state index contributed by atoms with van der Waals surface area (Å²) in [5, 5.41) is 8.38. The SMILES string of the molecule is CCN(CC)CCNC(=O)CCCc1ccc(NC[C@H]2SC([C@H](N)C(=O)NCCc3ccc(F)cc3)N(CC)C2=O)cc1. The largest absolute Gasteiger partial charge is 0.383 e. The molecule has 0 aromatic heterocycles. The van der Waals surface area contributed by atoms with E-state index in [2.05, 4.69) is 34.7 Å². The molecule has 5 N–H and O–H groups in total. The van der Waals surface area contributed by atoms with Crippen LogP contribution in [0.15, 0.2) is 48.5 Å². The molecule has 0 aliphatic carbocycles. The van der Waals surface area contributed by atoms with Gasteiger partial charge < -0.3 is 31.5 Å². The lowest BCUT2D eigenvalue weighted by Crippen LogP contribution is -2.53. The van der Waals surface area contributed by atoms with E-state index in [0.717, 1.165) is 49.3 Å². The maximum atomic E-state index is 13.1. The number of benzene rings is 2. The van der Waals surface area contributed by atoms with E-state index in [1.165, 1.54) is 23.9 Å². The topological polar surface area (TPSA) is 120 Å². The van der Waals surface area contributed by atoms with E-state index >= 15 is 0 Å². The summed E-state index contributed by atoms with van der Waals surface area (Å²) >= 11 is 1.41. The highest BCUT2D eigenvalue weighted by atomic mass is 32.2. The molecule has 3 amide bonds. The average Bonchev–Trinajstić information content (AvgIpc) is 3.34. The summed E-state index contributed by atoms with van der Waals surface area (Å²) < 4.78 is 13.1. The molecular weight excluding hydrogens is 567 g/mol. The third-order valence-corrected chi connectivity index (χ3v) is 9.23. The second-order valence-corrected chi connectivity index (χ2v) is 12.0. The molecule has 9 nitrogen and oxygen atoms in total. The number of thioether (sulfide) groups is 1. The van der Waals surface area contributed by atoms with Crippen molar-refractivity contribution >= 4 is 35.2 Å². The third kappa shape index (κ3) is 10.8. The molecule has 11 heteroatoms. The first-order valence-electron chi connectivity index (χ1n) is 15.3. The normalized spacial score (nSPS) is 17.3. The number of nitrogens with one attached hydrogen (secondary N) is 3. The molecule has 1 unspecified atom stereocenters. The highest BCUT2D eigenvalue weighted by molar-refractivity contribution is 8.01. The van der Waals surface area contributed by atoms with Crippen molar-refractivity contribution in [3.05, 3.63) is 65.5 Å². The number of aryl methyl sites for hydroxylation is 1.